The van der Waals surface area contributed by atoms with E-state index in [2.05, 4.69) is 24.4 Å². The smallest absolute Gasteiger partial charge is 0.243 e. The SMILES string of the molecule is CC[C@@H](C(=O)NC1CCCCC1)N(Cc1ccccc1C)C(=O)Cc1ccccc1C. The largest absolute Gasteiger partial charge is 0.352 e. The molecule has 0 aliphatic heterocycles. The van der Waals surface area contributed by atoms with Gasteiger partial charge in [-0.25, -0.2) is 0 Å². The maximum Gasteiger partial charge on any atom is 0.243 e. The van der Waals surface area contributed by atoms with Crippen LogP contribution in [0.4, 0.5) is 0 Å². The van der Waals surface area contributed by atoms with Crippen LogP contribution in [0.2, 0.25) is 0 Å². The van der Waals surface area contributed by atoms with E-state index >= 15 is 0 Å². The van der Waals surface area contributed by atoms with Gasteiger partial charge in [0.05, 0.1) is 6.42 Å². The molecule has 0 radical (unpaired) electrons. The first-order valence-electron chi connectivity index (χ1n) is 11.7. The summed E-state index contributed by atoms with van der Waals surface area (Å²) in [6.07, 6.45) is 6.57. The molecule has 3 rings (SSSR count). The molecule has 0 unspecified atom stereocenters. The molecule has 166 valence electrons. The predicted octanol–water partition coefficient (Wildman–Crippen LogP) is 5.10. The van der Waals surface area contributed by atoms with Crippen LogP contribution in [0, 0.1) is 13.8 Å². The van der Waals surface area contributed by atoms with E-state index in [0.717, 1.165) is 35.1 Å². The number of hydrogen-bond acceptors (Lipinski definition) is 2. The number of nitrogens with zero attached hydrogens (tertiary/aromatic N) is 1. The molecule has 0 bridgehead atoms. The molecule has 31 heavy (non-hydrogen) atoms. The summed E-state index contributed by atoms with van der Waals surface area (Å²) >= 11 is 0. The Morgan fingerprint density at radius 2 is 1.52 bits per heavy atom. The lowest BCUT2D eigenvalue weighted by molar-refractivity contribution is -0.141. The maximum atomic E-state index is 13.5. The highest BCUT2D eigenvalue weighted by atomic mass is 16.2. The van der Waals surface area contributed by atoms with Crippen molar-refractivity contribution in [2.45, 2.75) is 84.3 Å². The molecule has 1 aliphatic carbocycles. The molecule has 1 saturated carbocycles. The van der Waals surface area contributed by atoms with E-state index < -0.39 is 6.04 Å². The average Bonchev–Trinajstić information content (AvgIpc) is 2.77. The molecule has 4 heteroatoms. The normalized spacial score (nSPS) is 15.3. The van der Waals surface area contributed by atoms with Gasteiger partial charge in [0.2, 0.25) is 11.8 Å². The van der Waals surface area contributed by atoms with Crippen molar-refractivity contribution in [1.29, 1.82) is 0 Å². The number of aryl methyl sites for hydroxylation is 2. The van der Waals surface area contributed by atoms with Gasteiger partial charge in [0.15, 0.2) is 0 Å². The molecule has 0 aromatic heterocycles. The summed E-state index contributed by atoms with van der Waals surface area (Å²) in [5, 5.41) is 3.25. The standard InChI is InChI=1S/C27H36N2O2/c1-4-25(27(31)28-24-16-6-5-7-17-24)29(19-23-15-11-9-13-21(23)3)26(30)18-22-14-10-8-12-20(22)2/h8-15,24-25H,4-7,16-19H2,1-3H3,(H,28,31)/t25-/m0/s1. The van der Waals surface area contributed by atoms with Gasteiger partial charge in [-0.15, -0.1) is 0 Å². The quantitative estimate of drug-likeness (QED) is 0.646. The predicted molar refractivity (Wildman–Crippen MR) is 126 cm³/mol. The van der Waals surface area contributed by atoms with Crippen molar-refractivity contribution in [3.63, 3.8) is 0 Å². The number of nitrogens with one attached hydrogen (secondary N) is 1. The zero-order chi connectivity index (χ0) is 22.2. The summed E-state index contributed by atoms with van der Waals surface area (Å²) in [6, 6.07) is 15.9. The number of rotatable bonds is 8. The van der Waals surface area contributed by atoms with Crippen LogP contribution in [0.15, 0.2) is 48.5 Å². The van der Waals surface area contributed by atoms with Gasteiger partial charge in [-0.1, -0.05) is 74.7 Å². The summed E-state index contributed by atoms with van der Waals surface area (Å²) in [6.45, 7) is 6.54. The third-order valence-corrected chi connectivity index (χ3v) is 6.54. The molecular formula is C27H36N2O2. The van der Waals surface area contributed by atoms with Crippen molar-refractivity contribution >= 4 is 11.8 Å². The highest BCUT2D eigenvalue weighted by Crippen LogP contribution is 2.20. The van der Waals surface area contributed by atoms with Gasteiger partial charge in [-0.05, 0) is 55.4 Å². The Morgan fingerprint density at radius 3 is 2.10 bits per heavy atom. The van der Waals surface area contributed by atoms with Crippen LogP contribution < -0.4 is 5.32 Å². The van der Waals surface area contributed by atoms with E-state index in [-0.39, 0.29) is 17.9 Å². The van der Waals surface area contributed by atoms with Crippen LogP contribution >= 0.6 is 0 Å². The highest BCUT2D eigenvalue weighted by Gasteiger charge is 2.30. The molecule has 1 aliphatic rings. The summed E-state index contributed by atoms with van der Waals surface area (Å²) in [5.74, 6) is -0.00989. The van der Waals surface area contributed by atoms with Gasteiger partial charge < -0.3 is 10.2 Å². The van der Waals surface area contributed by atoms with E-state index in [9.17, 15) is 9.59 Å². The lowest BCUT2D eigenvalue weighted by Crippen LogP contribution is -2.52. The van der Waals surface area contributed by atoms with Crippen LogP contribution in [-0.2, 0) is 22.6 Å². The van der Waals surface area contributed by atoms with E-state index in [4.69, 9.17) is 0 Å². The Morgan fingerprint density at radius 1 is 0.935 bits per heavy atom. The molecule has 1 N–H and O–H groups in total. The third-order valence-electron chi connectivity index (χ3n) is 6.54. The Balaban J connectivity index is 1.83. The summed E-state index contributed by atoms with van der Waals surface area (Å²) in [5.41, 5.74) is 4.35. The first-order chi connectivity index (χ1) is 15.0. The monoisotopic (exact) mass is 420 g/mol. The third kappa shape index (κ3) is 6.19. The van der Waals surface area contributed by atoms with Crippen molar-refractivity contribution in [2.75, 3.05) is 0 Å². The van der Waals surface area contributed by atoms with Gasteiger partial charge in [0.25, 0.3) is 0 Å². The Bertz CT molecular complexity index is 886. The van der Waals surface area contributed by atoms with Gasteiger partial charge in [-0.2, -0.15) is 0 Å². The molecular weight excluding hydrogens is 384 g/mol. The fraction of sp³-hybridized carbons (Fsp3) is 0.481. The Labute approximate surface area is 187 Å². The Hall–Kier alpha value is -2.62. The molecule has 0 saturated heterocycles. The molecule has 2 aromatic carbocycles. The zero-order valence-corrected chi connectivity index (χ0v) is 19.2. The fourth-order valence-corrected chi connectivity index (χ4v) is 4.51. The van der Waals surface area contributed by atoms with E-state index in [0.29, 0.717) is 19.4 Å². The average molecular weight is 421 g/mol. The van der Waals surface area contributed by atoms with Crippen LogP contribution in [0.25, 0.3) is 0 Å². The van der Waals surface area contributed by atoms with Crippen molar-refractivity contribution in [3.05, 3.63) is 70.8 Å². The molecule has 2 amide bonds. The topological polar surface area (TPSA) is 49.4 Å². The number of carbonyl (C=O) groups is 2. The first-order valence-corrected chi connectivity index (χ1v) is 11.7. The maximum absolute atomic E-state index is 13.5. The summed E-state index contributed by atoms with van der Waals surface area (Å²) in [7, 11) is 0. The van der Waals surface area contributed by atoms with Crippen molar-refractivity contribution < 1.29 is 9.59 Å². The van der Waals surface area contributed by atoms with Crippen molar-refractivity contribution in [1.82, 2.24) is 10.2 Å². The minimum absolute atomic E-state index is 0.00296. The molecule has 1 atom stereocenters. The van der Waals surface area contributed by atoms with Gasteiger partial charge in [0.1, 0.15) is 6.04 Å². The Kier molecular flexibility index (Phi) is 8.27. The number of amides is 2. The lowest BCUT2D eigenvalue weighted by Gasteiger charge is -2.33. The zero-order valence-electron chi connectivity index (χ0n) is 19.2. The number of hydrogen-bond donors (Lipinski definition) is 1. The van der Waals surface area contributed by atoms with Crippen LogP contribution in [0.3, 0.4) is 0 Å². The van der Waals surface area contributed by atoms with Gasteiger partial charge in [0, 0.05) is 12.6 Å². The van der Waals surface area contributed by atoms with Crippen molar-refractivity contribution in [3.8, 4) is 0 Å². The summed E-state index contributed by atoms with van der Waals surface area (Å²) < 4.78 is 0. The second-order valence-electron chi connectivity index (χ2n) is 8.82. The lowest BCUT2D eigenvalue weighted by atomic mass is 9.95. The van der Waals surface area contributed by atoms with E-state index in [1.54, 1.807) is 4.90 Å². The molecule has 0 heterocycles. The fourth-order valence-electron chi connectivity index (χ4n) is 4.51. The first kappa shape index (κ1) is 23.1. The molecule has 0 spiro atoms. The molecule has 1 fully saturated rings. The second kappa shape index (κ2) is 11.1. The van der Waals surface area contributed by atoms with Crippen LogP contribution in [-0.4, -0.2) is 28.8 Å². The van der Waals surface area contributed by atoms with E-state index in [1.165, 1.54) is 19.3 Å². The number of benzene rings is 2. The molecule has 4 nitrogen and oxygen atoms in total. The van der Waals surface area contributed by atoms with Gasteiger partial charge >= 0.3 is 0 Å². The molecule has 2 aromatic rings. The van der Waals surface area contributed by atoms with Crippen molar-refractivity contribution in [2.24, 2.45) is 0 Å². The van der Waals surface area contributed by atoms with Gasteiger partial charge in [-0.3, -0.25) is 9.59 Å². The van der Waals surface area contributed by atoms with E-state index in [1.807, 2.05) is 50.2 Å². The second-order valence-corrected chi connectivity index (χ2v) is 8.82. The minimum atomic E-state index is -0.460. The minimum Gasteiger partial charge on any atom is -0.352 e. The highest BCUT2D eigenvalue weighted by molar-refractivity contribution is 5.88. The number of carbonyl (C=O) groups excluding carboxylic acids is 2. The van der Waals surface area contributed by atoms with Crippen LogP contribution in [0.5, 0.6) is 0 Å². The summed E-state index contributed by atoms with van der Waals surface area (Å²) in [4.78, 5) is 28.6. The van der Waals surface area contributed by atoms with Crippen LogP contribution in [0.1, 0.15) is 67.7 Å².